The highest BCUT2D eigenvalue weighted by molar-refractivity contribution is 7.28. The second-order valence-corrected chi connectivity index (χ2v) is 6.17. The van der Waals surface area contributed by atoms with Gasteiger partial charge in [0.1, 0.15) is 11.8 Å². The normalized spacial score (nSPS) is 16.3. The summed E-state index contributed by atoms with van der Waals surface area (Å²) >= 11 is 0. The van der Waals surface area contributed by atoms with Crippen LogP contribution in [-0.2, 0) is 11.8 Å². The SMILES string of the molecule is CCCC1C(=O)Nc2ccc(-c3ccc(C#N)n3C)c(P)c21. The number of nitrogens with zero attached hydrogens (tertiary/aromatic N) is 2. The molecule has 2 atom stereocenters. The topological polar surface area (TPSA) is 57.8 Å². The molecule has 1 aromatic heterocycles. The lowest BCUT2D eigenvalue weighted by Gasteiger charge is -2.15. The molecule has 0 aliphatic carbocycles. The number of anilines is 1. The molecule has 2 aromatic rings. The van der Waals surface area contributed by atoms with Gasteiger partial charge in [0.05, 0.1) is 5.92 Å². The molecule has 1 aromatic carbocycles. The van der Waals surface area contributed by atoms with E-state index in [9.17, 15) is 4.79 Å². The van der Waals surface area contributed by atoms with Crippen molar-refractivity contribution < 1.29 is 4.79 Å². The van der Waals surface area contributed by atoms with Crippen molar-refractivity contribution in [3.05, 3.63) is 35.5 Å². The third-order valence-electron chi connectivity index (χ3n) is 4.30. The number of carbonyl (C=O) groups excluding carboxylic acids is 1. The molecule has 2 unspecified atom stereocenters. The molecular weight excluding hydrogens is 293 g/mol. The summed E-state index contributed by atoms with van der Waals surface area (Å²) in [6.07, 6.45) is 1.81. The first kappa shape index (κ1) is 14.8. The van der Waals surface area contributed by atoms with Crippen molar-refractivity contribution in [3.63, 3.8) is 0 Å². The van der Waals surface area contributed by atoms with Crippen molar-refractivity contribution in [1.29, 1.82) is 5.26 Å². The van der Waals surface area contributed by atoms with E-state index in [0.717, 1.165) is 40.7 Å². The molecule has 4 nitrogen and oxygen atoms in total. The van der Waals surface area contributed by atoms with Crippen LogP contribution in [0, 0.1) is 11.3 Å². The smallest absolute Gasteiger partial charge is 0.232 e. The highest BCUT2D eigenvalue weighted by atomic mass is 31.0. The average molecular weight is 311 g/mol. The maximum atomic E-state index is 12.2. The first-order valence-electron chi connectivity index (χ1n) is 7.37. The minimum absolute atomic E-state index is 0.0804. The van der Waals surface area contributed by atoms with E-state index < -0.39 is 0 Å². The zero-order valence-electron chi connectivity index (χ0n) is 12.7. The summed E-state index contributed by atoms with van der Waals surface area (Å²) in [6, 6.07) is 9.92. The zero-order valence-corrected chi connectivity index (χ0v) is 13.8. The fourth-order valence-corrected chi connectivity index (χ4v) is 3.75. The first-order valence-corrected chi connectivity index (χ1v) is 7.95. The average Bonchev–Trinajstić information content (AvgIpc) is 3.01. The Morgan fingerprint density at radius 3 is 2.77 bits per heavy atom. The molecule has 1 aliphatic rings. The molecule has 1 N–H and O–H groups in total. The van der Waals surface area contributed by atoms with Gasteiger partial charge in [0.15, 0.2) is 0 Å². The van der Waals surface area contributed by atoms with Gasteiger partial charge in [0, 0.05) is 24.0 Å². The number of benzene rings is 1. The lowest BCUT2D eigenvalue weighted by Crippen LogP contribution is -2.14. The third-order valence-corrected chi connectivity index (χ3v) is 4.92. The van der Waals surface area contributed by atoms with Gasteiger partial charge in [0.2, 0.25) is 5.91 Å². The monoisotopic (exact) mass is 311 g/mol. The molecule has 0 saturated heterocycles. The fraction of sp³-hybridized carbons (Fsp3) is 0.294. The van der Waals surface area contributed by atoms with Gasteiger partial charge in [-0.25, -0.2) is 0 Å². The highest BCUT2D eigenvalue weighted by Crippen LogP contribution is 2.38. The predicted molar refractivity (Wildman–Crippen MR) is 91.2 cm³/mol. The van der Waals surface area contributed by atoms with Crippen LogP contribution in [-0.4, -0.2) is 10.5 Å². The number of nitriles is 1. The molecule has 2 heterocycles. The molecule has 0 spiro atoms. The highest BCUT2D eigenvalue weighted by Gasteiger charge is 2.32. The quantitative estimate of drug-likeness (QED) is 0.886. The van der Waals surface area contributed by atoms with Crippen LogP contribution in [0.1, 0.15) is 36.9 Å². The van der Waals surface area contributed by atoms with Crippen LogP contribution in [0.3, 0.4) is 0 Å². The summed E-state index contributed by atoms with van der Waals surface area (Å²) in [4.78, 5) is 12.2. The van der Waals surface area contributed by atoms with Crippen LogP contribution in [0.25, 0.3) is 11.3 Å². The Labute approximate surface area is 132 Å². The second-order valence-electron chi connectivity index (χ2n) is 5.59. The predicted octanol–water partition coefficient (Wildman–Crippen LogP) is 2.90. The number of rotatable bonds is 3. The standard InChI is InChI=1S/C17H18N3OP/c1-3-4-12-15-13(19-17(12)21)7-6-11(16(15)22)14-8-5-10(9-18)20(14)2/h5-8,12H,3-4,22H2,1-2H3,(H,19,21). The molecule has 112 valence electrons. The van der Waals surface area contributed by atoms with Crippen LogP contribution in [0.5, 0.6) is 0 Å². The van der Waals surface area contributed by atoms with Crippen molar-refractivity contribution >= 4 is 26.1 Å². The van der Waals surface area contributed by atoms with E-state index in [2.05, 4.69) is 27.5 Å². The maximum absolute atomic E-state index is 12.2. The van der Waals surface area contributed by atoms with Crippen molar-refractivity contribution in [2.75, 3.05) is 5.32 Å². The van der Waals surface area contributed by atoms with Crippen LogP contribution in [0.2, 0.25) is 0 Å². The summed E-state index contributed by atoms with van der Waals surface area (Å²) in [5, 5.41) is 13.1. The number of aromatic nitrogens is 1. The van der Waals surface area contributed by atoms with Crippen LogP contribution >= 0.6 is 9.24 Å². The van der Waals surface area contributed by atoms with E-state index in [1.54, 1.807) is 0 Å². The van der Waals surface area contributed by atoms with Gasteiger partial charge in [-0.15, -0.1) is 9.24 Å². The Bertz CT molecular complexity index is 801. The number of hydrogen-bond acceptors (Lipinski definition) is 2. The molecule has 3 rings (SSSR count). The molecule has 1 amide bonds. The third kappa shape index (κ3) is 2.14. The van der Waals surface area contributed by atoms with Crippen molar-refractivity contribution in [1.82, 2.24) is 4.57 Å². The van der Waals surface area contributed by atoms with Crippen molar-refractivity contribution in [2.24, 2.45) is 7.05 Å². The Balaban J connectivity index is 2.15. The molecular formula is C17H18N3OP. The molecule has 0 bridgehead atoms. The molecule has 5 heteroatoms. The van der Waals surface area contributed by atoms with Gasteiger partial charge in [-0.05, 0) is 35.5 Å². The second kappa shape index (κ2) is 5.59. The number of fused-ring (bicyclic) bond motifs is 1. The van der Waals surface area contributed by atoms with Crippen LogP contribution in [0.15, 0.2) is 24.3 Å². The minimum atomic E-state index is -0.0804. The molecule has 1 aliphatic heterocycles. The first-order chi connectivity index (χ1) is 10.6. The Kier molecular flexibility index (Phi) is 3.76. The summed E-state index contributed by atoms with van der Waals surface area (Å²) in [5.74, 6) is 0.00505. The van der Waals surface area contributed by atoms with E-state index >= 15 is 0 Å². The van der Waals surface area contributed by atoms with Gasteiger partial charge < -0.3 is 9.88 Å². The van der Waals surface area contributed by atoms with Gasteiger partial charge >= 0.3 is 0 Å². The largest absolute Gasteiger partial charge is 0.335 e. The minimum Gasteiger partial charge on any atom is -0.335 e. The number of carbonyl (C=O) groups is 1. The van der Waals surface area contributed by atoms with Gasteiger partial charge in [-0.2, -0.15) is 5.26 Å². The van der Waals surface area contributed by atoms with Gasteiger partial charge in [-0.3, -0.25) is 4.79 Å². The summed E-state index contributed by atoms with van der Waals surface area (Å²) in [7, 11) is 4.67. The Morgan fingerprint density at radius 2 is 2.14 bits per heavy atom. The van der Waals surface area contributed by atoms with E-state index in [1.807, 2.05) is 35.9 Å². The van der Waals surface area contributed by atoms with Crippen molar-refractivity contribution in [3.8, 4) is 17.3 Å². The number of amides is 1. The number of hydrogen-bond donors (Lipinski definition) is 1. The van der Waals surface area contributed by atoms with Crippen molar-refractivity contribution in [2.45, 2.75) is 25.7 Å². The van der Waals surface area contributed by atoms with E-state index in [1.165, 1.54) is 0 Å². The Hall–Kier alpha value is -2.11. The van der Waals surface area contributed by atoms with Crippen LogP contribution in [0.4, 0.5) is 5.69 Å². The molecule has 22 heavy (non-hydrogen) atoms. The molecule has 0 radical (unpaired) electrons. The lowest BCUT2D eigenvalue weighted by atomic mass is 9.93. The van der Waals surface area contributed by atoms with Gasteiger partial charge in [-0.1, -0.05) is 19.4 Å². The van der Waals surface area contributed by atoms with E-state index in [4.69, 9.17) is 5.26 Å². The summed E-state index contributed by atoms with van der Waals surface area (Å²) in [5.41, 5.74) is 4.64. The van der Waals surface area contributed by atoms with E-state index in [0.29, 0.717) is 5.69 Å². The zero-order chi connectivity index (χ0) is 15.9. The Morgan fingerprint density at radius 1 is 1.36 bits per heavy atom. The maximum Gasteiger partial charge on any atom is 0.232 e. The van der Waals surface area contributed by atoms with E-state index in [-0.39, 0.29) is 11.8 Å². The molecule has 0 fully saturated rings. The van der Waals surface area contributed by atoms with Crippen LogP contribution < -0.4 is 10.6 Å². The number of nitrogens with one attached hydrogen (secondary N) is 1. The molecule has 0 saturated carbocycles. The lowest BCUT2D eigenvalue weighted by molar-refractivity contribution is -0.117. The fourth-order valence-electron chi connectivity index (χ4n) is 3.15. The van der Waals surface area contributed by atoms with Gasteiger partial charge in [0.25, 0.3) is 0 Å². The summed E-state index contributed by atoms with van der Waals surface area (Å²) in [6.45, 7) is 2.09. The summed E-state index contributed by atoms with van der Waals surface area (Å²) < 4.78 is 1.88.